The smallest absolute Gasteiger partial charge is 0.168 e. The van der Waals surface area contributed by atoms with E-state index in [0.29, 0.717) is 12.2 Å². The maximum atomic E-state index is 13.0. The highest BCUT2D eigenvalue weighted by Gasteiger charge is 2.09. The lowest BCUT2D eigenvalue weighted by Gasteiger charge is -2.07. The molecule has 0 aliphatic rings. The number of nitrogens with zero attached hydrogens (tertiary/aromatic N) is 2. The van der Waals surface area contributed by atoms with Gasteiger partial charge in [0, 0.05) is 18.5 Å². The minimum Gasteiger partial charge on any atom is -0.390 e. The van der Waals surface area contributed by atoms with Crippen molar-refractivity contribution in [3.8, 4) is 0 Å². The monoisotopic (exact) mass is 328 g/mol. The van der Waals surface area contributed by atoms with E-state index < -0.39 is 0 Å². The van der Waals surface area contributed by atoms with Crippen LogP contribution in [0.25, 0.3) is 0 Å². The molecular formula is C18H17FN2OS. The summed E-state index contributed by atoms with van der Waals surface area (Å²) in [5, 5.41) is 10.2. The molecule has 0 amide bonds. The van der Waals surface area contributed by atoms with Gasteiger partial charge in [0.05, 0.1) is 12.3 Å². The van der Waals surface area contributed by atoms with Crippen LogP contribution in [0.1, 0.15) is 16.8 Å². The summed E-state index contributed by atoms with van der Waals surface area (Å²) in [4.78, 5) is 4.46. The molecule has 2 aromatic carbocycles. The molecule has 0 fully saturated rings. The first-order valence-corrected chi connectivity index (χ1v) is 8.31. The predicted octanol–water partition coefficient (Wildman–Crippen LogP) is 3.86. The number of imidazole rings is 1. The van der Waals surface area contributed by atoms with Crippen LogP contribution in [-0.4, -0.2) is 14.7 Å². The molecule has 0 radical (unpaired) electrons. The maximum Gasteiger partial charge on any atom is 0.168 e. The van der Waals surface area contributed by atoms with Crippen LogP contribution in [0.5, 0.6) is 0 Å². The lowest BCUT2D eigenvalue weighted by molar-refractivity contribution is 0.277. The van der Waals surface area contributed by atoms with Crippen molar-refractivity contribution < 1.29 is 9.50 Å². The molecule has 0 unspecified atom stereocenters. The van der Waals surface area contributed by atoms with Crippen molar-refractivity contribution in [1.29, 1.82) is 0 Å². The van der Waals surface area contributed by atoms with Crippen LogP contribution in [-0.2, 0) is 18.9 Å². The summed E-state index contributed by atoms with van der Waals surface area (Å²) in [5.41, 5.74) is 2.86. The molecule has 0 aliphatic carbocycles. The van der Waals surface area contributed by atoms with E-state index >= 15 is 0 Å². The van der Waals surface area contributed by atoms with Gasteiger partial charge in [0.2, 0.25) is 0 Å². The SMILES string of the molecule is OCc1cn(Cc2ccc(F)cc2)c(SCc2ccccc2)n1. The molecule has 23 heavy (non-hydrogen) atoms. The van der Waals surface area contributed by atoms with E-state index in [9.17, 15) is 9.50 Å². The predicted molar refractivity (Wildman–Crippen MR) is 89.7 cm³/mol. The van der Waals surface area contributed by atoms with E-state index in [1.807, 2.05) is 29.0 Å². The fraction of sp³-hybridized carbons (Fsp3) is 0.167. The van der Waals surface area contributed by atoms with Gasteiger partial charge >= 0.3 is 0 Å². The molecule has 1 heterocycles. The Kier molecular flexibility index (Phi) is 5.10. The Balaban J connectivity index is 1.76. The van der Waals surface area contributed by atoms with Crippen molar-refractivity contribution in [3.05, 3.63) is 83.4 Å². The number of benzene rings is 2. The molecule has 1 N–H and O–H groups in total. The summed E-state index contributed by atoms with van der Waals surface area (Å²) in [7, 11) is 0. The van der Waals surface area contributed by atoms with Gasteiger partial charge in [0.15, 0.2) is 5.16 Å². The van der Waals surface area contributed by atoms with Crippen LogP contribution in [0.4, 0.5) is 4.39 Å². The molecule has 1 aromatic heterocycles. The Morgan fingerprint density at radius 3 is 2.43 bits per heavy atom. The number of aliphatic hydroxyl groups excluding tert-OH is 1. The molecule has 0 saturated carbocycles. The summed E-state index contributed by atoms with van der Waals surface area (Å²) < 4.78 is 15.0. The van der Waals surface area contributed by atoms with Gasteiger partial charge in [-0.25, -0.2) is 9.37 Å². The van der Waals surface area contributed by atoms with E-state index in [1.54, 1.807) is 23.9 Å². The second-order valence-corrected chi connectivity index (χ2v) is 6.14. The average Bonchev–Trinajstić information content (AvgIpc) is 2.98. The highest BCUT2D eigenvalue weighted by molar-refractivity contribution is 7.98. The first-order valence-electron chi connectivity index (χ1n) is 7.32. The number of halogens is 1. The molecule has 0 bridgehead atoms. The summed E-state index contributed by atoms with van der Waals surface area (Å²) in [6.07, 6.45) is 1.84. The van der Waals surface area contributed by atoms with Crippen LogP contribution in [0.3, 0.4) is 0 Å². The van der Waals surface area contributed by atoms with Crippen LogP contribution >= 0.6 is 11.8 Å². The van der Waals surface area contributed by atoms with E-state index in [-0.39, 0.29) is 12.4 Å². The normalized spacial score (nSPS) is 10.9. The topological polar surface area (TPSA) is 38.0 Å². The third kappa shape index (κ3) is 4.21. The molecule has 118 valence electrons. The molecule has 5 heteroatoms. The molecule has 3 nitrogen and oxygen atoms in total. The summed E-state index contributed by atoms with van der Waals surface area (Å²) in [6, 6.07) is 16.6. The Morgan fingerprint density at radius 1 is 1.00 bits per heavy atom. The van der Waals surface area contributed by atoms with E-state index in [2.05, 4.69) is 17.1 Å². The van der Waals surface area contributed by atoms with Crippen molar-refractivity contribution >= 4 is 11.8 Å². The summed E-state index contributed by atoms with van der Waals surface area (Å²) in [5.74, 6) is 0.570. The average molecular weight is 328 g/mol. The van der Waals surface area contributed by atoms with Crippen LogP contribution in [0, 0.1) is 5.82 Å². The summed E-state index contributed by atoms with van der Waals surface area (Å²) in [6.45, 7) is 0.514. The summed E-state index contributed by atoms with van der Waals surface area (Å²) >= 11 is 1.63. The van der Waals surface area contributed by atoms with Crippen LogP contribution in [0.15, 0.2) is 66.0 Å². The van der Waals surface area contributed by atoms with E-state index in [4.69, 9.17) is 0 Å². The number of rotatable bonds is 6. The zero-order chi connectivity index (χ0) is 16.1. The lowest BCUT2D eigenvalue weighted by atomic mass is 10.2. The van der Waals surface area contributed by atoms with Gasteiger partial charge in [-0.1, -0.05) is 54.2 Å². The number of thioether (sulfide) groups is 1. The van der Waals surface area contributed by atoms with Crippen molar-refractivity contribution in [3.63, 3.8) is 0 Å². The van der Waals surface area contributed by atoms with Gasteiger partial charge in [-0.05, 0) is 23.3 Å². The molecule has 0 atom stereocenters. The highest BCUT2D eigenvalue weighted by atomic mass is 32.2. The highest BCUT2D eigenvalue weighted by Crippen LogP contribution is 2.23. The second-order valence-electron chi connectivity index (χ2n) is 5.20. The molecular weight excluding hydrogens is 311 g/mol. The zero-order valence-corrected chi connectivity index (χ0v) is 13.3. The Bertz CT molecular complexity index is 756. The van der Waals surface area contributed by atoms with Crippen molar-refractivity contribution in [1.82, 2.24) is 9.55 Å². The van der Waals surface area contributed by atoms with E-state index in [1.165, 1.54) is 17.7 Å². The Morgan fingerprint density at radius 2 is 1.74 bits per heavy atom. The molecule has 0 aliphatic heterocycles. The van der Waals surface area contributed by atoms with Gasteiger partial charge in [0.1, 0.15) is 5.82 Å². The fourth-order valence-electron chi connectivity index (χ4n) is 2.26. The van der Waals surface area contributed by atoms with Crippen LogP contribution < -0.4 is 0 Å². The Labute approximate surface area is 138 Å². The van der Waals surface area contributed by atoms with Gasteiger partial charge in [-0.2, -0.15) is 0 Å². The second kappa shape index (κ2) is 7.44. The van der Waals surface area contributed by atoms with Gasteiger partial charge in [-0.3, -0.25) is 0 Å². The fourth-order valence-corrected chi connectivity index (χ4v) is 3.22. The number of aliphatic hydroxyl groups is 1. The van der Waals surface area contributed by atoms with Gasteiger partial charge in [0.25, 0.3) is 0 Å². The first kappa shape index (κ1) is 15.8. The molecule has 3 rings (SSSR count). The third-order valence-electron chi connectivity index (χ3n) is 3.43. The van der Waals surface area contributed by atoms with Gasteiger partial charge in [-0.15, -0.1) is 0 Å². The van der Waals surface area contributed by atoms with Crippen molar-refractivity contribution in [2.24, 2.45) is 0 Å². The minimum absolute atomic E-state index is 0.0880. The molecule has 3 aromatic rings. The number of hydrogen-bond acceptors (Lipinski definition) is 3. The Hall–Kier alpha value is -2.11. The molecule has 0 saturated heterocycles. The maximum absolute atomic E-state index is 13.0. The van der Waals surface area contributed by atoms with Crippen molar-refractivity contribution in [2.45, 2.75) is 24.1 Å². The van der Waals surface area contributed by atoms with E-state index in [0.717, 1.165) is 16.5 Å². The number of hydrogen-bond donors (Lipinski definition) is 1. The largest absolute Gasteiger partial charge is 0.390 e. The zero-order valence-electron chi connectivity index (χ0n) is 12.5. The molecule has 0 spiro atoms. The third-order valence-corrected chi connectivity index (χ3v) is 4.49. The number of aromatic nitrogens is 2. The lowest BCUT2D eigenvalue weighted by Crippen LogP contribution is -2.00. The van der Waals surface area contributed by atoms with Crippen LogP contribution in [0.2, 0.25) is 0 Å². The van der Waals surface area contributed by atoms with Gasteiger partial charge < -0.3 is 9.67 Å². The first-order chi connectivity index (χ1) is 11.2. The minimum atomic E-state index is -0.242. The quantitative estimate of drug-likeness (QED) is 0.698. The van der Waals surface area contributed by atoms with Crippen molar-refractivity contribution in [2.75, 3.05) is 0 Å². The standard InChI is InChI=1S/C18H17FN2OS/c19-16-8-6-14(7-9-16)10-21-11-17(12-22)20-18(21)23-13-15-4-2-1-3-5-15/h1-9,11,22H,10,12-13H2.